The minimum atomic E-state index is -0.482. The molecule has 124 valence electrons. The van der Waals surface area contributed by atoms with E-state index in [1.54, 1.807) is 53.4 Å². The molecule has 25 heavy (non-hydrogen) atoms. The quantitative estimate of drug-likeness (QED) is 0.576. The number of nitrogens with zero attached hydrogens (tertiary/aromatic N) is 1. The van der Waals surface area contributed by atoms with E-state index in [-0.39, 0.29) is 23.9 Å². The second-order valence-electron chi connectivity index (χ2n) is 5.48. The first-order valence-corrected chi connectivity index (χ1v) is 7.77. The summed E-state index contributed by atoms with van der Waals surface area (Å²) in [6.45, 7) is 0.0220. The van der Waals surface area contributed by atoms with Gasteiger partial charge in [0, 0.05) is 23.3 Å². The molecule has 4 nitrogen and oxygen atoms in total. The van der Waals surface area contributed by atoms with Crippen LogP contribution >= 0.6 is 0 Å². The third-order valence-electron chi connectivity index (χ3n) is 3.66. The van der Waals surface area contributed by atoms with Crippen LogP contribution in [0.5, 0.6) is 0 Å². The van der Waals surface area contributed by atoms with Crippen molar-refractivity contribution < 1.29 is 18.5 Å². The maximum Gasteiger partial charge on any atom is 0.290 e. The molecule has 0 saturated carbocycles. The normalized spacial score (nSPS) is 10.3. The molecule has 5 heteroatoms. The predicted octanol–water partition coefficient (Wildman–Crippen LogP) is 2.98. The lowest BCUT2D eigenvalue weighted by atomic mass is 10.0. The summed E-state index contributed by atoms with van der Waals surface area (Å²) in [5.74, 6) is -0.912. The van der Waals surface area contributed by atoms with Gasteiger partial charge in [0.15, 0.2) is 18.2 Å². The van der Waals surface area contributed by atoms with E-state index < -0.39 is 5.82 Å². The Bertz CT molecular complexity index is 893. The van der Waals surface area contributed by atoms with Crippen LogP contribution in [0.15, 0.2) is 79.1 Å². The topological polar surface area (TPSA) is 50.0 Å². The number of benzene rings is 2. The van der Waals surface area contributed by atoms with Crippen molar-refractivity contribution in [3.63, 3.8) is 0 Å². The Labute approximate surface area is 144 Å². The summed E-state index contributed by atoms with van der Waals surface area (Å²) >= 11 is 0. The van der Waals surface area contributed by atoms with Gasteiger partial charge in [-0.05, 0) is 12.1 Å². The standard InChI is InChI=1S/C20H15FN2O2/c21-17-8-4-5-9-18(17)22-19(24)14-23-12-10-16(11-13-23)20(25)15-6-2-1-3-7-15/h1-13H,14H2/p+1. The number of pyridine rings is 1. The van der Waals surface area contributed by atoms with Crippen LogP contribution in [0.25, 0.3) is 0 Å². The Hall–Kier alpha value is -3.34. The molecule has 0 aliphatic heterocycles. The minimum absolute atomic E-state index is 0.0220. The van der Waals surface area contributed by atoms with Gasteiger partial charge in [0.05, 0.1) is 5.69 Å². The highest BCUT2D eigenvalue weighted by Gasteiger charge is 2.14. The van der Waals surface area contributed by atoms with Gasteiger partial charge in [-0.2, -0.15) is 4.57 Å². The van der Waals surface area contributed by atoms with Crippen LogP contribution in [0, 0.1) is 5.82 Å². The highest BCUT2D eigenvalue weighted by atomic mass is 19.1. The Morgan fingerprint density at radius 2 is 1.44 bits per heavy atom. The molecule has 3 aromatic rings. The van der Waals surface area contributed by atoms with Crippen molar-refractivity contribution in [3.8, 4) is 0 Å². The number of hydrogen-bond acceptors (Lipinski definition) is 2. The van der Waals surface area contributed by atoms with Gasteiger partial charge in [-0.3, -0.25) is 9.59 Å². The van der Waals surface area contributed by atoms with Gasteiger partial charge in [0.1, 0.15) is 5.82 Å². The smallest absolute Gasteiger partial charge is 0.290 e. The number of halogens is 1. The molecular formula is C20H16FN2O2+. The summed E-state index contributed by atoms with van der Waals surface area (Å²) in [7, 11) is 0. The van der Waals surface area contributed by atoms with Crippen molar-refractivity contribution in [2.24, 2.45) is 0 Å². The summed E-state index contributed by atoms with van der Waals surface area (Å²) in [4.78, 5) is 24.3. The average Bonchev–Trinajstić information content (AvgIpc) is 2.64. The molecule has 0 atom stereocenters. The van der Waals surface area contributed by atoms with E-state index >= 15 is 0 Å². The highest BCUT2D eigenvalue weighted by molar-refractivity contribution is 6.08. The van der Waals surface area contributed by atoms with Crippen molar-refractivity contribution in [3.05, 3.63) is 96.1 Å². The molecule has 0 unspecified atom stereocenters. The summed E-state index contributed by atoms with van der Waals surface area (Å²) in [5, 5.41) is 2.52. The zero-order chi connectivity index (χ0) is 17.6. The van der Waals surface area contributed by atoms with Gasteiger partial charge in [-0.15, -0.1) is 0 Å². The molecule has 0 aliphatic carbocycles. The van der Waals surface area contributed by atoms with Gasteiger partial charge >= 0.3 is 0 Å². The molecule has 1 heterocycles. The van der Waals surface area contributed by atoms with E-state index in [1.807, 2.05) is 18.2 Å². The number of rotatable bonds is 5. The van der Waals surface area contributed by atoms with Crippen LogP contribution in [0.4, 0.5) is 10.1 Å². The second-order valence-corrected chi connectivity index (χ2v) is 5.48. The Morgan fingerprint density at radius 3 is 2.12 bits per heavy atom. The number of ketones is 1. The monoisotopic (exact) mass is 335 g/mol. The van der Waals surface area contributed by atoms with E-state index in [4.69, 9.17) is 0 Å². The van der Waals surface area contributed by atoms with E-state index in [9.17, 15) is 14.0 Å². The first kappa shape index (κ1) is 16.5. The fourth-order valence-corrected chi connectivity index (χ4v) is 2.39. The fraction of sp³-hybridized carbons (Fsp3) is 0.0500. The van der Waals surface area contributed by atoms with Crippen LogP contribution in [-0.4, -0.2) is 11.7 Å². The number of nitrogens with one attached hydrogen (secondary N) is 1. The van der Waals surface area contributed by atoms with Gasteiger partial charge < -0.3 is 5.32 Å². The first-order valence-electron chi connectivity index (χ1n) is 7.77. The maximum atomic E-state index is 13.5. The van der Waals surface area contributed by atoms with E-state index in [2.05, 4.69) is 5.32 Å². The number of aromatic nitrogens is 1. The van der Waals surface area contributed by atoms with Crippen LogP contribution in [0.3, 0.4) is 0 Å². The van der Waals surface area contributed by atoms with Crippen molar-refractivity contribution in [2.75, 3.05) is 5.32 Å². The molecule has 0 saturated heterocycles. The highest BCUT2D eigenvalue weighted by Crippen LogP contribution is 2.12. The summed E-state index contributed by atoms with van der Waals surface area (Å²) in [6, 6.07) is 18.3. The molecule has 1 N–H and O–H groups in total. The van der Waals surface area contributed by atoms with Gasteiger partial charge in [-0.1, -0.05) is 42.5 Å². The molecule has 2 aromatic carbocycles. The van der Waals surface area contributed by atoms with Crippen molar-refractivity contribution in [2.45, 2.75) is 6.54 Å². The van der Waals surface area contributed by atoms with Gasteiger partial charge in [0.25, 0.3) is 5.91 Å². The molecule has 3 rings (SSSR count). The lowest BCUT2D eigenvalue weighted by Gasteiger charge is -2.04. The number of anilines is 1. The first-order chi connectivity index (χ1) is 12.1. The molecular weight excluding hydrogens is 319 g/mol. The van der Waals surface area contributed by atoms with Crippen LogP contribution in [0.2, 0.25) is 0 Å². The lowest BCUT2D eigenvalue weighted by molar-refractivity contribution is -0.684. The molecule has 0 fully saturated rings. The Morgan fingerprint density at radius 1 is 0.840 bits per heavy atom. The maximum absolute atomic E-state index is 13.5. The van der Waals surface area contributed by atoms with Gasteiger partial charge in [-0.25, -0.2) is 4.39 Å². The zero-order valence-electron chi connectivity index (χ0n) is 13.4. The van der Waals surface area contributed by atoms with E-state index in [0.717, 1.165) is 0 Å². The van der Waals surface area contributed by atoms with Crippen molar-refractivity contribution in [1.82, 2.24) is 0 Å². The Kier molecular flexibility index (Phi) is 4.95. The molecule has 0 radical (unpaired) electrons. The van der Waals surface area contributed by atoms with Crippen LogP contribution in [0.1, 0.15) is 15.9 Å². The van der Waals surface area contributed by atoms with E-state index in [0.29, 0.717) is 11.1 Å². The van der Waals surface area contributed by atoms with Crippen molar-refractivity contribution >= 4 is 17.4 Å². The molecule has 0 spiro atoms. The average molecular weight is 335 g/mol. The molecule has 1 aromatic heterocycles. The number of amides is 1. The summed E-state index contributed by atoms with van der Waals surface area (Å²) < 4.78 is 15.2. The van der Waals surface area contributed by atoms with Crippen LogP contribution in [-0.2, 0) is 11.3 Å². The lowest BCUT2D eigenvalue weighted by Crippen LogP contribution is -2.39. The third kappa shape index (κ3) is 4.14. The second kappa shape index (κ2) is 7.49. The van der Waals surface area contributed by atoms with Crippen molar-refractivity contribution in [1.29, 1.82) is 0 Å². The van der Waals surface area contributed by atoms with Crippen LogP contribution < -0.4 is 9.88 Å². The largest absolute Gasteiger partial charge is 0.318 e. The minimum Gasteiger partial charge on any atom is -0.318 e. The predicted molar refractivity (Wildman–Crippen MR) is 91.5 cm³/mol. The fourth-order valence-electron chi connectivity index (χ4n) is 2.39. The molecule has 0 bridgehead atoms. The molecule has 1 amide bonds. The third-order valence-corrected chi connectivity index (χ3v) is 3.66. The van der Waals surface area contributed by atoms with Gasteiger partial charge in [0.2, 0.25) is 6.54 Å². The summed E-state index contributed by atoms with van der Waals surface area (Å²) in [5.41, 5.74) is 1.29. The van der Waals surface area contributed by atoms with E-state index in [1.165, 1.54) is 12.1 Å². The summed E-state index contributed by atoms with van der Waals surface area (Å²) in [6.07, 6.45) is 3.30. The Balaban J connectivity index is 1.66. The number of carbonyl (C=O) groups excluding carboxylic acids is 2. The zero-order valence-corrected chi connectivity index (χ0v) is 13.4. The number of para-hydroxylation sites is 1. The number of carbonyl (C=O) groups is 2. The number of hydrogen-bond donors (Lipinski definition) is 1. The molecule has 0 aliphatic rings. The SMILES string of the molecule is O=C(C[n+]1ccc(C(=O)c2ccccc2)cc1)Nc1ccccc1F.